The van der Waals surface area contributed by atoms with Gasteiger partial charge in [0.2, 0.25) is 5.60 Å². The number of nitrogens with one attached hydrogen (secondary N) is 1. The number of aromatic nitrogens is 2. The Morgan fingerprint density at radius 3 is 2.81 bits per heavy atom. The van der Waals surface area contributed by atoms with E-state index in [1.165, 1.54) is 0 Å². The summed E-state index contributed by atoms with van der Waals surface area (Å²) in [6.45, 7) is 4.74. The molecule has 0 unspecified atom stereocenters. The van der Waals surface area contributed by atoms with Gasteiger partial charge in [0.1, 0.15) is 6.61 Å². The minimum absolute atomic E-state index is 0.0637. The molecule has 0 saturated carbocycles. The number of ether oxygens (including phenoxy) is 1. The number of unbranched alkanes of at least 4 members (excludes halogenated alkanes) is 2. The monoisotopic (exact) mass is 490 g/mol. The van der Waals surface area contributed by atoms with Crippen LogP contribution >= 0.6 is 0 Å². The number of Topliss-reactive ketones (excluding diaryl/α,β-unsaturated/α-hetero) is 1. The molecule has 1 aromatic carbocycles. The Hall–Kier alpha value is -3.40. The maximum atomic E-state index is 13.6. The molecule has 0 bridgehead atoms. The second-order valence-electron chi connectivity index (χ2n) is 9.30. The Labute approximate surface area is 208 Å². The van der Waals surface area contributed by atoms with E-state index in [0.29, 0.717) is 53.1 Å². The molecule has 0 aliphatic carbocycles. The molecule has 0 saturated heterocycles. The number of esters is 1. The number of carbonyl (C=O) groups excluding carboxylic acids is 2. The fourth-order valence-electron chi connectivity index (χ4n) is 5.06. The lowest BCUT2D eigenvalue weighted by Gasteiger charge is -2.35. The predicted molar refractivity (Wildman–Crippen MR) is 134 cm³/mol. The van der Waals surface area contributed by atoms with Crippen molar-refractivity contribution >= 4 is 22.7 Å². The summed E-state index contributed by atoms with van der Waals surface area (Å²) in [4.78, 5) is 49.5. The molecular formula is C27H30N4O5. The number of ketones is 1. The van der Waals surface area contributed by atoms with Crippen LogP contribution in [-0.2, 0) is 33.1 Å². The molecule has 0 spiro atoms. The second-order valence-corrected chi connectivity index (χ2v) is 9.30. The summed E-state index contributed by atoms with van der Waals surface area (Å²) in [6.07, 6.45) is 3.33. The average Bonchev–Trinajstić information content (AvgIpc) is 3.25. The van der Waals surface area contributed by atoms with E-state index >= 15 is 0 Å². The van der Waals surface area contributed by atoms with Gasteiger partial charge in [0.15, 0.2) is 5.78 Å². The van der Waals surface area contributed by atoms with Crippen LogP contribution in [-0.4, -0.2) is 34.4 Å². The number of benzene rings is 1. The van der Waals surface area contributed by atoms with Crippen molar-refractivity contribution in [2.45, 2.75) is 58.3 Å². The van der Waals surface area contributed by atoms with Crippen LogP contribution in [0.15, 0.2) is 35.1 Å². The Morgan fingerprint density at radius 2 is 2.06 bits per heavy atom. The molecule has 2 aliphatic heterocycles. The summed E-state index contributed by atoms with van der Waals surface area (Å²) in [5, 5.41) is 0.805. The number of carbonyl (C=O) groups is 2. The summed E-state index contributed by atoms with van der Waals surface area (Å²) in [5.74, 6) is -0.653. The summed E-state index contributed by atoms with van der Waals surface area (Å²) in [7, 11) is 0. The van der Waals surface area contributed by atoms with Crippen molar-refractivity contribution < 1.29 is 19.2 Å². The maximum Gasteiger partial charge on any atom is 0.345 e. The van der Waals surface area contributed by atoms with Crippen LogP contribution in [0.5, 0.6) is 0 Å². The molecule has 188 valence electrons. The number of nitrogens with zero attached hydrogens (tertiary/aromatic N) is 2. The minimum Gasteiger partial charge on any atom is -0.458 e. The topological polar surface area (TPSA) is 126 Å². The van der Waals surface area contributed by atoms with Crippen molar-refractivity contribution in [1.82, 2.24) is 15.0 Å². The number of hydroxylamine groups is 1. The van der Waals surface area contributed by atoms with Crippen LogP contribution in [0.1, 0.15) is 66.6 Å². The highest BCUT2D eigenvalue weighted by molar-refractivity contribution is 6.01. The van der Waals surface area contributed by atoms with E-state index in [0.717, 1.165) is 30.2 Å². The van der Waals surface area contributed by atoms with Gasteiger partial charge < -0.3 is 15.0 Å². The largest absolute Gasteiger partial charge is 0.458 e. The fraction of sp³-hybridized carbons (Fsp3) is 0.407. The lowest BCUT2D eigenvalue weighted by atomic mass is 9.86. The highest BCUT2D eigenvalue weighted by Crippen LogP contribution is 2.40. The van der Waals surface area contributed by atoms with Gasteiger partial charge in [-0.05, 0) is 43.2 Å². The first-order valence-corrected chi connectivity index (χ1v) is 12.5. The third-order valence-electron chi connectivity index (χ3n) is 7.11. The van der Waals surface area contributed by atoms with Gasteiger partial charge in [0.05, 0.1) is 35.6 Å². The molecule has 3 N–H and O–H groups in total. The molecule has 9 nitrogen and oxygen atoms in total. The Bertz CT molecular complexity index is 1430. The number of hydrogen-bond acceptors (Lipinski definition) is 8. The van der Waals surface area contributed by atoms with Crippen molar-refractivity contribution in [2.24, 2.45) is 5.73 Å². The van der Waals surface area contributed by atoms with E-state index in [1.807, 2.05) is 19.1 Å². The summed E-state index contributed by atoms with van der Waals surface area (Å²) in [5.41, 5.74) is 11.2. The van der Waals surface area contributed by atoms with Crippen LogP contribution in [0.25, 0.3) is 22.3 Å². The zero-order valence-electron chi connectivity index (χ0n) is 20.6. The third kappa shape index (κ3) is 3.84. The van der Waals surface area contributed by atoms with Crippen molar-refractivity contribution in [3.8, 4) is 11.4 Å². The molecule has 9 heteroatoms. The van der Waals surface area contributed by atoms with Crippen LogP contribution in [0, 0.1) is 0 Å². The minimum atomic E-state index is -1.41. The van der Waals surface area contributed by atoms with Crippen LogP contribution < -0.4 is 16.8 Å². The van der Waals surface area contributed by atoms with E-state index < -0.39 is 11.6 Å². The van der Waals surface area contributed by atoms with Gasteiger partial charge in [0.25, 0.3) is 5.56 Å². The lowest BCUT2D eigenvalue weighted by molar-refractivity contribution is -0.193. The Balaban J connectivity index is 1.59. The molecule has 3 aromatic rings. The van der Waals surface area contributed by atoms with E-state index in [1.54, 1.807) is 22.8 Å². The van der Waals surface area contributed by atoms with Crippen molar-refractivity contribution in [3.05, 3.63) is 62.9 Å². The van der Waals surface area contributed by atoms with Gasteiger partial charge in [-0.15, -0.1) is 0 Å². The molecule has 5 rings (SSSR count). The number of pyridine rings is 2. The number of nitrogens with two attached hydrogens (primary N) is 1. The standard InChI is InChI=1S/C27H30N4O5/c1-3-5-6-9-29-36-27(4-2)20-12-22-24-18(14-31(22)25(33)19(20)15-35-26(27)34)11-17-10-16(23(32)13-28)7-8-21(17)30-24/h7-8,10-12,29H,3-6,9,13-15,28H2,1-2H3/t27-/m0/s1. The molecule has 1 atom stereocenters. The summed E-state index contributed by atoms with van der Waals surface area (Å²) >= 11 is 0. The summed E-state index contributed by atoms with van der Waals surface area (Å²) < 4.78 is 7.10. The molecule has 0 fully saturated rings. The zero-order valence-corrected chi connectivity index (χ0v) is 20.6. The zero-order chi connectivity index (χ0) is 25.4. The Morgan fingerprint density at radius 1 is 1.22 bits per heavy atom. The van der Waals surface area contributed by atoms with Gasteiger partial charge in [-0.1, -0.05) is 26.7 Å². The Kier molecular flexibility index (Phi) is 6.46. The number of hydrogen-bond donors (Lipinski definition) is 2. The lowest BCUT2D eigenvalue weighted by Crippen LogP contribution is -2.49. The average molecular weight is 491 g/mol. The fourth-order valence-corrected chi connectivity index (χ4v) is 5.06. The number of rotatable bonds is 9. The maximum absolute atomic E-state index is 13.6. The van der Waals surface area contributed by atoms with E-state index in [2.05, 4.69) is 12.4 Å². The molecule has 0 amide bonds. The molecule has 4 heterocycles. The van der Waals surface area contributed by atoms with E-state index in [9.17, 15) is 14.4 Å². The molecule has 2 aliphatic rings. The van der Waals surface area contributed by atoms with Gasteiger partial charge >= 0.3 is 5.97 Å². The van der Waals surface area contributed by atoms with Gasteiger partial charge in [-0.2, -0.15) is 0 Å². The van der Waals surface area contributed by atoms with Gasteiger partial charge in [0, 0.05) is 28.6 Å². The second kappa shape index (κ2) is 9.57. The van der Waals surface area contributed by atoms with Crippen molar-refractivity contribution in [2.75, 3.05) is 13.1 Å². The summed E-state index contributed by atoms with van der Waals surface area (Å²) in [6, 6.07) is 9.08. The number of fused-ring (bicyclic) bond motifs is 5. The van der Waals surface area contributed by atoms with Crippen LogP contribution in [0.4, 0.5) is 0 Å². The molecule has 2 aromatic heterocycles. The first-order valence-electron chi connectivity index (χ1n) is 12.5. The highest BCUT2D eigenvalue weighted by Gasteiger charge is 2.48. The van der Waals surface area contributed by atoms with Gasteiger partial charge in [-0.25, -0.2) is 15.3 Å². The number of cyclic esters (lactones) is 1. The first-order chi connectivity index (χ1) is 17.4. The van der Waals surface area contributed by atoms with E-state index in [4.69, 9.17) is 20.3 Å². The SMILES string of the molecule is CCCCCNO[C@]1(CC)C(=O)OCc2c1cc1n(c2=O)Cc2cc3cc(C(=O)CN)ccc3nc2-1. The van der Waals surface area contributed by atoms with Crippen molar-refractivity contribution in [1.29, 1.82) is 0 Å². The van der Waals surface area contributed by atoms with Crippen LogP contribution in [0.2, 0.25) is 0 Å². The highest BCUT2D eigenvalue weighted by atomic mass is 16.7. The normalized spacial score (nSPS) is 18.0. The van der Waals surface area contributed by atoms with E-state index in [-0.39, 0.29) is 24.5 Å². The first kappa shape index (κ1) is 24.3. The third-order valence-corrected chi connectivity index (χ3v) is 7.11. The van der Waals surface area contributed by atoms with Gasteiger partial charge in [-0.3, -0.25) is 14.4 Å². The predicted octanol–water partition coefficient (Wildman–Crippen LogP) is 2.94. The molecule has 36 heavy (non-hydrogen) atoms. The van der Waals surface area contributed by atoms with Crippen molar-refractivity contribution in [3.63, 3.8) is 0 Å². The smallest absolute Gasteiger partial charge is 0.345 e. The molecular weight excluding hydrogens is 460 g/mol. The van der Waals surface area contributed by atoms with Crippen LogP contribution in [0.3, 0.4) is 0 Å². The quantitative estimate of drug-likeness (QED) is 0.159. The molecule has 0 radical (unpaired) electrons.